The van der Waals surface area contributed by atoms with Crippen LogP contribution in [0.3, 0.4) is 0 Å². The number of rotatable bonds is 4. The van der Waals surface area contributed by atoms with Crippen LogP contribution in [0.2, 0.25) is 0 Å². The predicted molar refractivity (Wildman–Crippen MR) is 77.8 cm³/mol. The van der Waals surface area contributed by atoms with Gasteiger partial charge >= 0.3 is 0 Å². The van der Waals surface area contributed by atoms with Crippen LogP contribution in [-0.2, 0) is 10.0 Å². The molecule has 108 valence electrons. The summed E-state index contributed by atoms with van der Waals surface area (Å²) < 4.78 is 39.6. The van der Waals surface area contributed by atoms with Crippen molar-refractivity contribution in [2.45, 2.75) is 11.8 Å². The highest BCUT2D eigenvalue weighted by atomic mass is 32.2. The van der Waals surface area contributed by atoms with Crippen molar-refractivity contribution in [3.8, 4) is 6.07 Å². The lowest BCUT2D eigenvalue weighted by molar-refractivity contribution is 0.591. The summed E-state index contributed by atoms with van der Waals surface area (Å²) in [6.07, 6.45) is 0. The van der Waals surface area contributed by atoms with Crippen LogP contribution in [0, 0.1) is 17.1 Å². The van der Waals surface area contributed by atoms with Crippen molar-refractivity contribution in [2.24, 2.45) is 0 Å². The Balaban J connectivity index is 2.47. The van der Waals surface area contributed by atoms with Gasteiger partial charge in [0.1, 0.15) is 5.82 Å². The number of benzene rings is 2. The Morgan fingerprint density at radius 3 is 2.38 bits per heavy atom. The number of anilines is 1. The highest BCUT2D eigenvalue weighted by Crippen LogP contribution is 2.24. The topological polar surface area (TPSA) is 61.2 Å². The smallest absolute Gasteiger partial charge is 0.264 e. The van der Waals surface area contributed by atoms with Crippen molar-refractivity contribution < 1.29 is 12.8 Å². The molecule has 0 heterocycles. The van der Waals surface area contributed by atoms with Gasteiger partial charge in [0, 0.05) is 6.54 Å². The largest absolute Gasteiger partial charge is 0.267 e. The van der Waals surface area contributed by atoms with Crippen LogP contribution < -0.4 is 4.31 Å². The maximum absolute atomic E-state index is 13.3. The summed E-state index contributed by atoms with van der Waals surface area (Å²) in [7, 11) is -3.79. The van der Waals surface area contributed by atoms with E-state index in [9.17, 15) is 12.8 Å². The Morgan fingerprint density at radius 2 is 1.86 bits per heavy atom. The van der Waals surface area contributed by atoms with Gasteiger partial charge < -0.3 is 0 Å². The molecule has 0 fully saturated rings. The van der Waals surface area contributed by atoms with Crippen LogP contribution in [-0.4, -0.2) is 15.0 Å². The molecule has 0 aliphatic rings. The lowest BCUT2D eigenvalue weighted by Crippen LogP contribution is -2.30. The Morgan fingerprint density at radius 1 is 1.19 bits per heavy atom. The first-order valence-corrected chi connectivity index (χ1v) is 7.71. The second-order valence-electron chi connectivity index (χ2n) is 4.29. The Bertz CT molecular complexity index is 780. The molecule has 2 rings (SSSR count). The van der Waals surface area contributed by atoms with Crippen LogP contribution in [0.5, 0.6) is 0 Å². The van der Waals surface area contributed by atoms with Crippen LogP contribution in [0.1, 0.15) is 12.5 Å². The quantitative estimate of drug-likeness (QED) is 0.872. The summed E-state index contributed by atoms with van der Waals surface area (Å²) in [6, 6.07) is 13.0. The molecular formula is C15H13FN2O2S. The molecule has 2 aromatic carbocycles. The summed E-state index contributed by atoms with van der Waals surface area (Å²) >= 11 is 0. The van der Waals surface area contributed by atoms with E-state index in [1.165, 1.54) is 48.5 Å². The standard InChI is InChI=1S/C15H13FN2O2S/c1-2-18(14-5-3-4-13(16)10-14)21(19,20)15-8-6-12(11-17)7-9-15/h3-10H,2H2,1H3. The third-order valence-corrected chi connectivity index (χ3v) is 4.87. The zero-order chi connectivity index (χ0) is 15.5. The van der Waals surface area contributed by atoms with E-state index in [2.05, 4.69) is 0 Å². The molecule has 4 nitrogen and oxygen atoms in total. The normalized spacial score (nSPS) is 10.9. The minimum atomic E-state index is -3.79. The maximum Gasteiger partial charge on any atom is 0.264 e. The van der Waals surface area contributed by atoms with E-state index in [1.807, 2.05) is 6.07 Å². The molecule has 0 saturated carbocycles. The number of sulfonamides is 1. The van der Waals surface area contributed by atoms with E-state index >= 15 is 0 Å². The maximum atomic E-state index is 13.3. The van der Waals surface area contributed by atoms with Crippen molar-refractivity contribution in [1.82, 2.24) is 0 Å². The van der Waals surface area contributed by atoms with E-state index in [1.54, 1.807) is 6.92 Å². The second-order valence-corrected chi connectivity index (χ2v) is 6.15. The fourth-order valence-corrected chi connectivity index (χ4v) is 3.42. The monoisotopic (exact) mass is 304 g/mol. The molecule has 0 aliphatic carbocycles. The molecule has 6 heteroatoms. The van der Waals surface area contributed by atoms with Crippen LogP contribution >= 0.6 is 0 Å². The van der Waals surface area contributed by atoms with Crippen molar-refractivity contribution in [2.75, 3.05) is 10.8 Å². The van der Waals surface area contributed by atoms with Crippen molar-refractivity contribution in [3.05, 3.63) is 59.9 Å². The van der Waals surface area contributed by atoms with Gasteiger partial charge in [-0.25, -0.2) is 12.8 Å². The van der Waals surface area contributed by atoms with Gasteiger partial charge in [-0.15, -0.1) is 0 Å². The summed E-state index contributed by atoms with van der Waals surface area (Å²) in [5, 5.41) is 8.74. The lowest BCUT2D eigenvalue weighted by Gasteiger charge is -2.23. The van der Waals surface area contributed by atoms with E-state index in [0.717, 1.165) is 4.31 Å². The number of hydrogen-bond donors (Lipinski definition) is 0. The van der Waals surface area contributed by atoms with Gasteiger partial charge in [0.2, 0.25) is 0 Å². The molecule has 0 amide bonds. The summed E-state index contributed by atoms with van der Waals surface area (Å²) in [5.41, 5.74) is 0.643. The average Bonchev–Trinajstić information content (AvgIpc) is 2.48. The van der Waals surface area contributed by atoms with Gasteiger partial charge in [-0.1, -0.05) is 6.07 Å². The van der Waals surface area contributed by atoms with E-state index in [0.29, 0.717) is 5.56 Å². The van der Waals surface area contributed by atoms with Gasteiger partial charge in [0.15, 0.2) is 0 Å². The number of hydrogen-bond acceptors (Lipinski definition) is 3. The first-order valence-electron chi connectivity index (χ1n) is 6.27. The summed E-state index contributed by atoms with van der Waals surface area (Å²) in [6.45, 7) is 1.85. The minimum absolute atomic E-state index is 0.0626. The zero-order valence-electron chi connectivity index (χ0n) is 11.3. The minimum Gasteiger partial charge on any atom is -0.267 e. The summed E-state index contributed by atoms with van der Waals surface area (Å²) in [4.78, 5) is 0.0626. The zero-order valence-corrected chi connectivity index (χ0v) is 12.1. The fourth-order valence-electron chi connectivity index (χ4n) is 1.95. The molecule has 0 atom stereocenters. The number of nitrogens with zero attached hydrogens (tertiary/aromatic N) is 2. The number of halogens is 1. The molecule has 0 unspecified atom stereocenters. The molecule has 0 spiro atoms. The molecule has 0 N–H and O–H groups in total. The second kappa shape index (κ2) is 5.94. The van der Waals surface area contributed by atoms with Crippen molar-refractivity contribution in [3.63, 3.8) is 0 Å². The first-order chi connectivity index (χ1) is 9.98. The van der Waals surface area contributed by atoms with Gasteiger partial charge in [0.05, 0.1) is 22.2 Å². The fraction of sp³-hybridized carbons (Fsp3) is 0.133. The van der Waals surface area contributed by atoms with Crippen molar-refractivity contribution >= 4 is 15.7 Å². The molecule has 0 saturated heterocycles. The van der Waals surface area contributed by atoms with Gasteiger partial charge in [-0.2, -0.15) is 5.26 Å². The molecular weight excluding hydrogens is 291 g/mol. The van der Waals surface area contributed by atoms with Crippen LogP contribution in [0.4, 0.5) is 10.1 Å². The molecule has 0 bridgehead atoms. The highest BCUT2D eigenvalue weighted by Gasteiger charge is 2.23. The summed E-state index contributed by atoms with van der Waals surface area (Å²) in [5.74, 6) is -0.499. The molecule has 0 aromatic heterocycles. The lowest BCUT2D eigenvalue weighted by atomic mass is 10.2. The third kappa shape index (κ3) is 3.03. The predicted octanol–water partition coefficient (Wildman–Crippen LogP) is 2.91. The number of nitriles is 1. The van der Waals surface area contributed by atoms with Crippen molar-refractivity contribution in [1.29, 1.82) is 5.26 Å². The third-order valence-electron chi connectivity index (χ3n) is 2.95. The highest BCUT2D eigenvalue weighted by molar-refractivity contribution is 7.92. The molecule has 0 radical (unpaired) electrons. The molecule has 21 heavy (non-hydrogen) atoms. The molecule has 2 aromatic rings. The Labute approximate surface area is 123 Å². The van der Waals surface area contributed by atoms with E-state index in [-0.39, 0.29) is 17.1 Å². The van der Waals surface area contributed by atoms with E-state index < -0.39 is 15.8 Å². The van der Waals surface area contributed by atoms with Crippen LogP contribution in [0.15, 0.2) is 53.4 Å². The SMILES string of the molecule is CCN(c1cccc(F)c1)S(=O)(=O)c1ccc(C#N)cc1. The van der Waals surface area contributed by atoms with Crippen LogP contribution in [0.25, 0.3) is 0 Å². The Hall–Kier alpha value is -2.39. The van der Waals surface area contributed by atoms with Gasteiger partial charge in [-0.05, 0) is 49.4 Å². The first kappa shape index (κ1) is 15.0. The van der Waals surface area contributed by atoms with E-state index in [4.69, 9.17) is 5.26 Å². The van der Waals surface area contributed by atoms with Gasteiger partial charge in [0.25, 0.3) is 10.0 Å². The molecule has 0 aliphatic heterocycles. The Kier molecular flexibility index (Phi) is 4.24. The average molecular weight is 304 g/mol. The van der Waals surface area contributed by atoms with Gasteiger partial charge in [-0.3, -0.25) is 4.31 Å².